The summed E-state index contributed by atoms with van der Waals surface area (Å²) in [5.41, 5.74) is 1.17. The van der Waals surface area contributed by atoms with Crippen LogP contribution < -0.4 is 5.32 Å². The molecule has 0 rings (SSSR count). The van der Waals surface area contributed by atoms with Gasteiger partial charge in [-0.25, -0.2) is 0 Å². The summed E-state index contributed by atoms with van der Waals surface area (Å²) in [7, 11) is 5.90. The van der Waals surface area contributed by atoms with Crippen molar-refractivity contribution in [3.63, 3.8) is 0 Å². The summed E-state index contributed by atoms with van der Waals surface area (Å²) in [6.07, 6.45) is 2.35. The van der Waals surface area contributed by atoms with Gasteiger partial charge in [-0.2, -0.15) is 0 Å². The number of allylic oxidation sites excluding steroid dienone is 1. The van der Waals surface area contributed by atoms with Crippen LogP contribution in [0.2, 0.25) is 0 Å². The van der Waals surface area contributed by atoms with E-state index >= 15 is 0 Å². The molecule has 0 heterocycles. The largest absolute Gasteiger partial charge is 0.385 e. The molecule has 0 unspecified atom stereocenters. The smallest absolute Gasteiger partial charge is 0.0474 e. The van der Waals surface area contributed by atoms with Gasteiger partial charge in [-0.15, -0.1) is 6.58 Å². The highest BCUT2D eigenvalue weighted by Crippen LogP contribution is 1.89. The predicted octanol–water partition coefficient (Wildman–Crippen LogP) is 2.39. The minimum absolute atomic E-state index is 0. The Morgan fingerprint density at radius 3 is 2.25 bits per heavy atom. The normalized spacial score (nSPS) is 9.88. The highest BCUT2D eigenvalue weighted by molar-refractivity contribution is 4.78. The highest BCUT2D eigenvalue weighted by Gasteiger charge is 1.96. The maximum atomic E-state index is 4.98. The van der Waals surface area contributed by atoms with Crippen LogP contribution in [-0.2, 0) is 4.74 Å². The van der Waals surface area contributed by atoms with E-state index in [4.69, 9.17) is 4.74 Å². The van der Waals surface area contributed by atoms with E-state index in [0.717, 1.165) is 26.1 Å². The third kappa shape index (κ3) is 23.4. The van der Waals surface area contributed by atoms with Gasteiger partial charge in [-0.3, -0.25) is 0 Å². The molecule has 16 heavy (non-hydrogen) atoms. The lowest BCUT2D eigenvalue weighted by atomic mass is 10.3. The summed E-state index contributed by atoms with van der Waals surface area (Å²) in [4.78, 5) is 2.34. The molecule has 3 nitrogen and oxygen atoms in total. The Balaban J connectivity index is -0.000000340. The van der Waals surface area contributed by atoms with Gasteiger partial charge in [-0.1, -0.05) is 5.57 Å². The van der Waals surface area contributed by atoms with Crippen molar-refractivity contribution in [3.05, 3.63) is 12.2 Å². The Morgan fingerprint density at radius 1 is 1.31 bits per heavy atom. The van der Waals surface area contributed by atoms with Crippen LogP contribution in [0.1, 0.15) is 28.1 Å². The fraction of sp³-hybridized carbons (Fsp3) is 0.846. The van der Waals surface area contributed by atoms with Crippen molar-refractivity contribution in [3.8, 4) is 0 Å². The molecule has 0 bridgehead atoms. The van der Waals surface area contributed by atoms with Gasteiger partial charge < -0.3 is 15.0 Å². The highest BCUT2D eigenvalue weighted by atomic mass is 16.5. The van der Waals surface area contributed by atoms with Gasteiger partial charge in [0.1, 0.15) is 0 Å². The van der Waals surface area contributed by atoms with Gasteiger partial charge in [-0.05, 0) is 53.9 Å². The van der Waals surface area contributed by atoms with Crippen molar-refractivity contribution in [1.29, 1.82) is 0 Å². The zero-order valence-electron chi connectivity index (χ0n) is 11.8. The second-order valence-corrected chi connectivity index (χ2v) is 4.31. The molecular weight excluding hydrogens is 200 g/mol. The number of hydrogen-bond acceptors (Lipinski definition) is 3. The minimum Gasteiger partial charge on any atom is -0.385 e. The molecule has 0 aromatic carbocycles. The van der Waals surface area contributed by atoms with E-state index in [1.807, 2.05) is 20.9 Å². The van der Waals surface area contributed by atoms with Crippen molar-refractivity contribution >= 4 is 0 Å². The third-order valence-electron chi connectivity index (χ3n) is 1.85. The standard InChI is InChI=1S/C9H22N2O.C4H8.H2/c1-10-6-4-7-11(2)8-5-9-12-3;1-4(2)3;/h10H,4-9H2,1-3H3;1H2,2-3H3;1H. The average Bonchev–Trinajstić information content (AvgIpc) is 2.18. The van der Waals surface area contributed by atoms with Crippen LogP contribution in [0.5, 0.6) is 0 Å². The SMILES string of the molecule is C=C(C)C.CNCCCN(C)CCCOC.[HH]. The number of methoxy groups -OCH3 is 1. The third-order valence-corrected chi connectivity index (χ3v) is 1.85. The van der Waals surface area contributed by atoms with Crippen LogP contribution in [-0.4, -0.2) is 52.3 Å². The summed E-state index contributed by atoms with van der Waals surface area (Å²) in [5.74, 6) is 0. The quantitative estimate of drug-likeness (QED) is 0.514. The maximum Gasteiger partial charge on any atom is 0.0474 e. The van der Waals surface area contributed by atoms with E-state index in [1.165, 1.54) is 18.5 Å². The van der Waals surface area contributed by atoms with Crippen LogP contribution in [0.4, 0.5) is 0 Å². The summed E-state index contributed by atoms with van der Waals surface area (Å²) in [5, 5.41) is 3.14. The number of ether oxygens (including phenoxy) is 1. The molecule has 0 aliphatic carbocycles. The van der Waals surface area contributed by atoms with Crippen molar-refractivity contribution in [1.82, 2.24) is 10.2 Å². The topological polar surface area (TPSA) is 24.5 Å². The van der Waals surface area contributed by atoms with Gasteiger partial charge >= 0.3 is 0 Å². The van der Waals surface area contributed by atoms with E-state index in [2.05, 4.69) is 23.8 Å². The molecule has 0 fully saturated rings. The first-order chi connectivity index (χ1) is 7.54. The Kier molecular flexibility index (Phi) is 16.4. The van der Waals surface area contributed by atoms with Gasteiger partial charge in [0.05, 0.1) is 0 Å². The monoisotopic (exact) mass is 232 g/mol. The molecule has 0 saturated carbocycles. The Hall–Kier alpha value is -0.380. The summed E-state index contributed by atoms with van der Waals surface area (Å²) < 4.78 is 4.98. The zero-order valence-corrected chi connectivity index (χ0v) is 11.8. The molecule has 0 atom stereocenters. The lowest BCUT2D eigenvalue weighted by Gasteiger charge is -2.15. The molecule has 100 valence electrons. The fourth-order valence-electron chi connectivity index (χ4n) is 1.12. The second kappa shape index (κ2) is 14.6. The lowest BCUT2D eigenvalue weighted by Crippen LogP contribution is -2.24. The first kappa shape index (κ1) is 18.0. The van der Waals surface area contributed by atoms with E-state index < -0.39 is 0 Å². The molecule has 0 spiro atoms. The Morgan fingerprint density at radius 2 is 1.81 bits per heavy atom. The average molecular weight is 232 g/mol. The number of nitrogens with one attached hydrogen (secondary N) is 1. The van der Waals surface area contributed by atoms with Gasteiger partial charge in [0.15, 0.2) is 0 Å². The van der Waals surface area contributed by atoms with Crippen molar-refractivity contribution < 1.29 is 6.16 Å². The van der Waals surface area contributed by atoms with Gasteiger partial charge in [0.2, 0.25) is 0 Å². The molecule has 0 aliphatic heterocycles. The molecule has 0 radical (unpaired) electrons. The molecule has 0 saturated heterocycles. The van der Waals surface area contributed by atoms with Crippen molar-refractivity contribution in [2.24, 2.45) is 0 Å². The second-order valence-electron chi connectivity index (χ2n) is 4.31. The molecule has 0 aromatic rings. The van der Waals surface area contributed by atoms with Crippen molar-refractivity contribution in [2.45, 2.75) is 26.7 Å². The number of hydrogen-bond donors (Lipinski definition) is 1. The van der Waals surface area contributed by atoms with Crippen LogP contribution >= 0.6 is 0 Å². The summed E-state index contributed by atoms with van der Waals surface area (Å²) >= 11 is 0. The Labute approximate surface area is 103 Å². The van der Waals surface area contributed by atoms with Crippen LogP contribution in [0, 0.1) is 0 Å². The fourth-order valence-corrected chi connectivity index (χ4v) is 1.12. The molecule has 1 N–H and O–H groups in total. The van der Waals surface area contributed by atoms with E-state index in [-0.39, 0.29) is 1.43 Å². The zero-order chi connectivity index (χ0) is 12.8. The number of rotatable bonds is 8. The first-order valence-corrected chi connectivity index (χ1v) is 5.98. The van der Waals surface area contributed by atoms with Gasteiger partial charge in [0, 0.05) is 21.7 Å². The van der Waals surface area contributed by atoms with Crippen LogP contribution in [0.15, 0.2) is 12.2 Å². The van der Waals surface area contributed by atoms with E-state index in [0.29, 0.717) is 0 Å². The molecule has 0 aliphatic rings. The van der Waals surface area contributed by atoms with Gasteiger partial charge in [0.25, 0.3) is 0 Å². The molecule has 3 heteroatoms. The minimum atomic E-state index is 0. The first-order valence-electron chi connectivity index (χ1n) is 5.98. The lowest BCUT2D eigenvalue weighted by molar-refractivity contribution is 0.179. The molecule has 0 amide bonds. The maximum absolute atomic E-state index is 4.98. The Bertz CT molecular complexity index is 140. The van der Waals surface area contributed by atoms with Crippen molar-refractivity contribution in [2.75, 3.05) is 47.4 Å². The van der Waals surface area contributed by atoms with E-state index in [1.54, 1.807) is 7.11 Å². The summed E-state index contributed by atoms with van der Waals surface area (Å²) in [6.45, 7) is 11.8. The number of nitrogens with zero attached hydrogens (tertiary/aromatic N) is 1. The van der Waals surface area contributed by atoms with Crippen LogP contribution in [0.3, 0.4) is 0 Å². The summed E-state index contributed by atoms with van der Waals surface area (Å²) in [6, 6.07) is 0. The molecular formula is C13H32N2O. The van der Waals surface area contributed by atoms with Crippen LogP contribution in [0.25, 0.3) is 0 Å². The predicted molar refractivity (Wildman–Crippen MR) is 75.1 cm³/mol. The van der Waals surface area contributed by atoms with E-state index in [9.17, 15) is 0 Å². The molecule has 0 aromatic heterocycles.